The molecule has 1 unspecified atom stereocenters. The summed E-state index contributed by atoms with van der Waals surface area (Å²) in [7, 11) is 1.46. The Hall–Kier alpha value is -3.10. The third-order valence-electron chi connectivity index (χ3n) is 6.21. The fourth-order valence-corrected chi connectivity index (χ4v) is 5.16. The Kier molecular flexibility index (Phi) is 6.21. The highest BCUT2D eigenvalue weighted by molar-refractivity contribution is 14.1. The number of anilines is 2. The van der Waals surface area contributed by atoms with E-state index in [4.69, 9.17) is 0 Å². The molecule has 2 aromatic carbocycles. The van der Waals surface area contributed by atoms with E-state index in [9.17, 15) is 27.5 Å². The summed E-state index contributed by atoms with van der Waals surface area (Å²) in [6, 6.07) is 9.83. The molecule has 0 aliphatic heterocycles. The summed E-state index contributed by atoms with van der Waals surface area (Å²) in [5.74, 6) is -0.554. The van der Waals surface area contributed by atoms with Crippen molar-refractivity contribution < 1.29 is 13.2 Å². The van der Waals surface area contributed by atoms with Crippen LogP contribution >= 0.6 is 22.6 Å². The molecule has 0 spiro atoms. The van der Waals surface area contributed by atoms with E-state index in [-0.39, 0.29) is 44.6 Å². The molecule has 4 aromatic rings. The third kappa shape index (κ3) is 4.02. The number of benzene rings is 2. The number of aromatic nitrogens is 3. The summed E-state index contributed by atoms with van der Waals surface area (Å²) in [5, 5.41) is 2.91. The zero-order valence-corrected chi connectivity index (χ0v) is 22.1. The summed E-state index contributed by atoms with van der Waals surface area (Å²) >= 11 is -0.592. The van der Waals surface area contributed by atoms with Crippen molar-refractivity contribution in [3.63, 3.8) is 0 Å². The zero-order chi connectivity index (χ0) is 25.9. The molecular formula is C24H19FIN4O5S-. The first-order valence-electron chi connectivity index (χ1n) is 10.9. The average molecular weight is 621 g/mol. The Morgan fingerprint density at radius 3 is 2.47 bits per heavy atom. The van der Waals surface area contributed by atoms with Crippen LogP contribution in [-0.2, 0) is 18.1 Å². The minimum Gasteiger partial charge on any atom is -0.768 e. The van der Waals surface area contributed by atoms with Gasteiger partial charge in [-0.15, -0.1) is 0 Å². The lowest BCUT2D eigenvalue weighted by Crippen LogP contribution is -2.41. The first-order chi connectivity index (χ1) is 17.1. The van der Waals surface area contributed by atoms with Gasteiger partial charge in [0.15, 0.2) is 0 Å². The van der Waals surface area contributed by atoms with E-state index in [1.807, 2.05) is 22.6 Å². The first-order valence-corrected chi connectivity index (χ1v) is 13.1. The van der Waals surface area contributed by atoms with E-state index in [1.165, 1.54) is 59.5 Å². The normalized spacial score (nSPS) is 14.2. The summed E-state index contributed by atoms with van der Waals surface area (Å²) in [4.78, 5) is 40.6. The minimum atomic E-state index is -2.56. The second-order valence-electron chi connectivity index (χ2n) is 8.57. The fraction of sp³-hybridized carbons (Fsp3) is 0.208. The highest BCUT2D eigenvalue weighted by Crippen LogP contribution is 2.34. The highest BCUT2D eigenvalue weighted by atomic mass is 127. The third-order valence-corrected chi connectivity index (χ3v) is 7.52. The number of hydrogen-bond donors (Lipinski definition) is 1. The van der Waals surface area contributed by atoms with Crippen LogP contribution in [0.3, 0.4) is 0 Å². The topological polar surface area (TPSA) is 118 Å². The highest BCUT2D eigenvalue weighted by Gasteiger charge is 2.31. The van der Waals surface area contributed by atoms with Gasteiger partial charge in [-0.25, -0.2) is 9.18 Å². The maximum Gasteiger partial charge on any atom is 0.336 e. The van der Waals surface area contributed by atoms with Gasteiger partial charge in [0.25, 0.3) is 11.1 Å². The van der Waals surface area contributed by atoms with Gasteiger partial charge < -0.3 is 9.87 Å². The van der Waals surface area contributed by atoms with Gasteiger partial charge in [-0.3, -0.25) is 27.5 Å². The standard InChI is InChI=1S/C24H20FIN4O5S/c1-12-20-19(21(28(2)22(12)31)27-18-9-6-13(26)10-17(18)25)23(32)30(14-7-8-14)24(33)29(20)15-4-3-5-16(11-15)36(34)35/h3-6,9-11,14,27H,7-8H2,1-2H3,(H,34,35)/p-1. The van der Waals surface area contributed by atoms with Gasteiger partial charge >= 0.3 is 5.69 Å². The molecule has 1 saturated carbocycles. The van der Waals surface area contributed by atoms with Gasteiger partial charge in [-0.1, -0.05) is 6.07 Å². The SMILES string of the molecule is Cc1c(=O)n(C)c(Nc2ccc(I)cc2F)c2c(=O)n(C3CC3)c(=O)n(-c3cccc(S(=O)[O-])c3)c12. The molecule has 1 atom stereocenters. The zero-order valence-electron chi connectivity index (χ0n) is 19.1. The molecule has 0 bridgehead atoms. The summed E-state index contributed by atoms with van der Waals surface area (Å²) in [6.07, 6.45) is 1.26. The molecule has 9 nitrogen and oxygen atoms in total. The van der Waals surface area contributed by atoms with E-state index < -0.39 is 33.7 Å². The number of fused-ring (bicyclic) bond motifs is 1. The molecule has 2 heterocycles. The van der Waals surface area contributed by atoms with Gasteiger partial charge in [0.1, 0.15) is 17.0 Å². The molecule has 0 radical (unpaired) electrons. The number of aryl methyl sites for hydroxylation is 1. The molecule has 1 fully saturated rings. The van der Waals surface area contributed by atoms with E-state index in [0.29, 0.717) is 16.4 Å². The van der Waals surface area contributed by atoms with Gasteiger partial charge in [0.05, 0.1) is 16.9 Å². The lowest BCUT2D eigenvalue weighted by molar-refractivity contribution is 0.537. The van der Waals surface area contributed by atoms with Crippen LogP contribution in [0.5, 0.6) is 0 Å². The van der Waals surface area contributed by atoms with Gasteiger partial charge in [0.2, 0.25) is 0 Å². The minimum absolute atomic E-state index is 0.0210. The van der Waals surface area contributed by atoms with Crippen LogP contribution in [0, 0.1) is 16.3 Å². The Morgan fingerprint density at radius 2 is 1.83 bits per heavy atom. The molecule has 1 aliphatic rings. The Labute approximate surface area is 219 Å². The predicted molar refractivity (Wildman–Crippen MR) is 142 cm³/mol. The molecule has 1 aliphatic carbocycles. The largest absolute Gasteiger partial charge is 0.768 e. The number of rotatable bonds is 5. The number of hydrogen-bond acceptors (Lipinski definition) is 6. The average Bonchev–Trinajstić information content (AvgIpc) is 3.67. The van der Waals surface area contributed by atoms with Crippen molar-refractivity contribution >= 4 is 56.1 Å². The smallest absolute Gasteiger partial charge is 0.336 e. The summed E-state index contributed by atoms with van der Waals surface area (Å²) in [5.41, 5.74) is -1.40. The van der Waals surface area contributed by atoms with Crippen molar-refractivity contribution in [2.24, 2.45) is 7.05 Å². The molecule has 5 rings (SSSR count). The van der Waals surface area contributed by atoms with Crippen LogP contribution in [0.1, 0.15) is 24.4 Å². The van der Waals surface area contributed by atoms with Crippen molar-refractivity contribution in [1.29, 1.82) is 0 Å². The quantitative estimate of drug-likeness (QED) is 0.270. The number of nitrogens with zero attached hydrogens (tertiary/aromatic N) is 3. The van der Waals surface area contributed by atoms with E-state index >= 15 is 0 Å². The van der Waals surface area contributed by atoms with Crippen molar-refractivity contribution in [3.05, 3.63) is 88.6 Å². The van der Waals surface area contributed by atoms with Crippen molar-refractivity contribution in [3.8, 4) is 5.69 Å². The van der Waals surface area contributed by atoms with Crippen LogP contribution in [0.25, 0.3) is 16.6 Å². The molecule has 186 valence electrons. The van der Waals surface area contributed by atoms with Gasteiger partial charge in [-0.2, -0.15) is 0 Å². The molecule has 0 amide bonds. The molecule has 0 saturated heterocycles. The van der Waals surface area contributed by atoms with E-state index in [2.05, 4.69) is 5.32 Å². The predicted octanol–water partition coefficient (Wildman–Crippen LogP) is 3.22. The second-order valence-corrected chi connectivity index (χ2v) is 10.8. The number of nitrogens with one attached hydrogen (secondary N) is 1. The lowest BCUT2D eigenvalue weighted by Gasteiger charge is -2.21. The number of halogens is 2. The lowest BCUT2D eigenvalue weighted by atomic mass is 10.1. The van der Waals surface area contributed by atoms with Crippen LogP contribution in [0.4, 0.5) is 15.9 Å². The molecule has 12 heteroatoms. The van der Waals surface area contributed by atoms with Crippen LogP contribution in [0.15, 0.2) is 61.7 Å². The van der Waals surface area contributed by atoms with Crippen LogP contribution in [-0.4, -0.2) is 22.5 Å². The molecule has 2 aromatic heterocycles. The Bertz CT molecular complexity index is 1770. The first kappa shape index (κ1) is 24.6. The Balaban J connectivity index is 1.94. The monoisotopic (exact) mass is 621 g/mol. The fourth-order valence-electron chi connectivity index (χ4n) is 4.30. The molecule has 36 heavy (non-hydrogen) atoms. The van der Waals surface area contributed by atoms with E-state index in [1.54, 1.807) is 6.07 Å². The van der Waals surface area contributed by atoms with Crippen molar-refractivity contribution in [2.75, 3.05) is 5.32 Å². The van der Waals surface area contributed by atoms with Crippen LogP contribution < -0.4 is 22.1 Å². The Morgan fingerprint density at radius 1 is 1.11 bits per heavy atom. The van der Waals surface area contributed by atoms with Gasteiger partial charge in [0, 0.05) is 27.1 Å². The summed E-state index contributed by atoms with van der Waals surface area (Å²) < 4.78 is 42.2. The summed E-state index contributed by atoms with van der Waals surface area (Å²) in [6.45, 7) is 1.49. The van der Waals surface area contributed by atoms with Crippen LogP contribution in [0.2, 0.25) is 0 Å². The van der Waals surface area contributed by atoms with E-state index in [0.717, 1.165) is 4.57 Å². The van der Waals surface area contributed by atoms with Crippen molar-refractivity contribution in [1.82, 2.24) is 13.7 Å². The van der Waals surface area contributed by atoms with Gasteiger partial charge in [-0.05, 0) is 89.8 Å². The molecule has 1 N–H and O–H groups in total. The maximum atomic E-state index is 14.7. The number of pyridine rings is 1. The van der Waals surface area contributed by atoms with Crippen molar-refractivity contribution in [2.45, 2.75) is 30.7 Å². The maximum absolute atomic E-state index is 14.7. The second kappa shape index (κ2) is 9.09. The molecular weight excluding hydrogens is 602 g/mol.